The molecule has 0 bridgehead atoms. The lowest BCUT2D eigenvalue weighted by molar-refractivity contribution is -0.137. The molecule has 0 spiro atoms. The van der Waals surface area contributed by atoms with Crippen LogP contribution in [0.4, 0.5) is 18.9 Å². The van der Waals surface area contributed by atoms with E-state index in [1.165, 1.54) is 12.1 Å². The summed E-state index contributed by atoms with van der Waals surface area (Å²) in [5, 5.41) is 3.23. The van der Waals surface area contributed by atoms with Crippen LogP contribution in [0.1, 0.15) is 24.1 Å². The number of alkyl halides is 3. The zero-order chi connectivity index (χ0) is 15.5. The van der Waals surface area contributed by atoms with Gasteiger partial charge in [0.15, 0.2) is 0 Å². The van der Waals surface area contributed by atoms with Crippen molar-refractivity contribution in [3.8, 4) is 0 Å². The second-order valence-corrected chi connectivity index (χ2v) is 5.60. The fraction of sp³-hybridized carbons (Fsp3) is 0.250. The third-order valence-corrected chi connectivity index (χ3v) is 3.89. The van der Waals surface area contributed by atoms with Crippen LogP contribution < -0.4 is 5.32 Å². The van der Waals surface area contributed by atoms with E-state index in [0.717, 1.165) is 16.6 Å². The van der Waals surface area contributed by atoms with Crippen molar-refractivity contribution in [1.82, 2.24) is 0 Å². The molecule has 0 fully saturated rings. The number of benzene rings is 2. The molecule has 0 heterocycles. The SMILES string of the molecule is CSc1cccc(NC(C)c2cccc(C(F)(F)F)c2)c1. The van der Waals surface area contributed by atoms with Crippen molar-refractivity contribution in [2.24, 2.45) is 0 Å². The summed E-state index contributed by atoms with van der Waals surface area (Å²) < 4.78 is 38.2. The first kappa shape index (κ1) is 15.8. The fourth-order valence-electron chi connectivity index (χ4n) is 2.03. The Morgan fingerprint density at radius 2 is 1.76 bits per heavy atom. The summed E-state index contributed by atoms with van der Waals surface area (Å²) in [5.41, 5.74) is 0.887. The quantitative estimate of drug-likeness (QED) is 0.738. The Balaban J connectivity index is 2.18. The van der Waals surface area contributed by atoms with Crippen molar-refractivity contribution >= 4 is 17.4 Å². The summed E-state index contributed by atoms with van der Waals surface area (Å²) in [5.74, 6) is 0. The normalized spacial score (nSPS) is 13.0. The molecule has 112 valence electrons. The second kappa shape index (κ2) is 6.43. The number of nitrogens with one attached hydrogen (secondary N) is 1. The van der Waals surface area contributed by atoms with E-state index in [-0.39, 0.29) is 6.04 Å². The van der Waals surface area contributed by atoms with E-state index >= 15 is 0 Å². The molecule has 2 aromatic carbocycles. The van der Waals surface area contributed by atoms with Gasteiger partial charge in [0.25, 0.3) is 0 Å². The minimum absolute atomic E-state index is 0.204. The van der Waals surface area contributed by atoms with Gasteiger partial charge in [-0.3, -0.25) is 0 Å². The standard InChI is InChI=1S/C16H16F3NS/c1-11(20-14-7-4-8-15(10-14)21-2)12-5-3-6-13(9-12)16(17,18)19/h3-11,20H,1-2H3. The highest BCUT2D eigenvalue weighted by Crippen LogP contribution is 2.31. The van der Waals surface area contributed by atoms with Gasteiger partial charge in [-0.05, 0) is 49.1 Å². The Morgan fingerprint density at radius 1 is 1.05 bits per heavy atom. The molecule has 0 aliphatic rings. The lowest BCUT2D eigenvalue weighted by atomic mass is 10.0. The summed E-state index contributed by atoms with van der Waals surface area (Å²) >= 11 is 1.62. The topological polar surface area (TPSA) is 12.0 Å². The number of thioether (sulfide) groups is 1. The predicted molar refractivity (Wildman–Crippen MR) is 81.7 cm³/mol. The van der Waals surface area contributed by atoms with Gasteiger partial charge in [-0.2, -0.15) is 13.2 Å². The molecule has 1 nitrogen and oxygen atoms in total. The molecule has 0 saturated carbocycles. The molecule has 0 aliphatic heterocycles. The molecule has 21 heavy (non-hydrogen) atoms. The summed E-state index contributed by atoms with van der Waals surface area (Å²) in [6.45, 7) is 1.85. The van der Waals surface area contributed by atoms with E-state index in [4.69, 9.17) is 0 Å². The Kier molecular flexibility index (Phi) is 4.83. The third kappa shape index (κ3) is 4.17. The zero-order valence-corrected chi connectivity index (χ0v) is 12.6. The smallest absolute Gasteiger partial charge is 0.378 e. The van der Waals surface area contributed by atoms with Gasteiger partial charge in [0.2, 0.25) is 0 Å². The van der Waals surface area contributed by atoms with Crippen LogP contribution >= 0.6 is 11.8 Å². The Morgan fingerprint density at radius 3 is 2.43 bits per heavy atom. The van der Waals surface area contributed by atoms with Crippen molar-refractivity contribution in [2.75, 3.05) is 11.6 Å². The van der Waals surface area contributed by atoms with Crippen LogP contribution in [0.2, 0.25) is 0 Å². The maximum Gasteiger partial charge on any atom is 0.416 e. The molecule has 0 aromatic heterocycles. The van der Waals surface area contributed by atoms with Crippen molar-refractivity contribution in [3.05, 3.63) is 59.7 Å². The van der Waals surface area contributed by atoms with Gasteiger partial charge in [-0.25, -0.2) is 0 Å². The summed E-state index contributed by atoms with van der Waals surface area (Å²) in [4.78, 5) is 1.11. The monoisotopic (exact) mass is 311 g/mol. The number of rotatable bonds is 4. The van der Waals surface area contributed by atoms with Crippen LogP contribution in [0.3, 0.4) is 0 Å². The molecule has 1 N–H and O–H groups in total. The lowest BCUT2D eigenvalue weighted by Crippen LogP contribution is -2.10. The van der Waals surface area contributed by atoms with Gasteiger partial charge >= 0.3 is 6.18 Å². The van der Waals surface area contributed by atoms with Crippen LogP contribution in [0.5, 0.6) is 0 Å². The molecule has 0 radical (unpaired) electrons. The predicted octanol–water partition coefficient (Wildman–Crippen LogP) is 5.60. The maximum atomic E-state index is 12.7. The molecule has 5 heteroatoms. The minimum Gasteiger partial charge on any atom is -0.378 e. The second-order valence-electron chi connectivity index (χ2n) is 4.72. The van der Waals surface area contributed by atoms with Crippen LogP contribution in [-0.2, 0) is 6.18 Å². The molecule has 2 rings (SSSR count). The largest absolute Gasteiger partial charge is 0.416 e. The van der Waals surface area contributed by atoms with E-state index in [0.29, 0.717) is 5.56 Å². The van der Waals surface area contributed by atoms with E-state index in [2.05, 4.69) is 5.32 Å². The highest BCUT2D eigenvalue weighted by molar-refractivity contribution is 7.98. The van der Waals surface area contributed by atoms with Crippen LogP contribution in [-0.4, -0.2) is 6.26 Å². The van der Waals surface area contributed by atoms with Crippen molar-refractivity contribution in [2.45, 2.75) is 24.0 Å². The molecule has 0 aliphatic carbocycles. The Labute approximate surface area is 126 Å². The number of anilines is 1. The van der Waals surface area contributed by atoms with Crippen molar-refractivity contribution < 1.29 is 13.2 Å². The van der Waals surface area contributed by atoms with Crippen LogP contribution in [0.25, 0.3) is 0 Å². The Bertz CT molecular complexity index is 610. The van der Waals surface area contributed by atoms with Gasteiger partial charge in [-0.15, -0.1) is 11.8 Å². The lowest BCUT2D eigenvalue weighted by Gasteiger charge is -2.17. The molecule has 0 amide bonds. The molecule has 2 aromatic rings. The zero-order valence-electron chi connectivity index (χ0n) is 11.7. The molecule has 1 unspecified atom stereocenters. The highest BCUT2D eigenvalue weighted by Gasteiger charge is 2.30. The van der Waals surface area contributed by atoms with Gasteiger partial charge in [0.05, 0.1) is 5.56 Å². The average molecular weight is 311 g/mol. The van der Waals surface area contributed by atoms with Crippen LogP contribution in [0.15, 0.2) is 53.4 Å². The van der Waals surface area contributed by atoms with Crippen LogP contribution in [0, 0.1) is 0 Å². The van der Waals surface area contributed by atoms with Gasteiger partial charge in [0, 0.05) is 16.6 Å². The number of hydrogen-bond acceptors (Lipinski definition) is 2. The van der Waals surface area contributed by atoms with Gasteiger partial charge in [-0.1, -0.05) is 18.2 Å². The molecule has 0 saturated heterocycles. The summed E-state index contributed by atoms with van der Waals surface area (Å²) in [7, 11) is 0. The van der Waals surface area contributed by atoms with Crippen molar-refractivity contribution in [1.29, 1.82) is 0 Å². The third-order valence-electron chi connectivity index (χ3n) is 3.17. The first-order valence-electron chi connectivity index (χ1n) is 6.48. The average Bonchev–Trinajstić information content (AvgIpc) is 2.46. The number of hydrogen-bond donors (Lipinski definition) is 1. The molecular formula is C16H16F3NS. The highest BCUT2D eigenvalue weighted by atomic mass is 32.2. The Hall–Kier alpha value is -1.62. The fourth-order valence-corrected chi connectivity index (χ4v) is 2.49. The van der Waals surface area contributed by atoms with Crippen molar-refractivity contribution in [3.63, 3.8) is 0 Å². The maximum absolute atomic E-state index is 12.7. The summed E-state index contributed by atoms with van der Waals surface area (Å²) in [6, 6.07) is 13.0. The van der Waals surface area contributed by atoms with Gasteiger partial charge in [0.1, 0.15) is 0 Å². The summed E-state index contributed by atoms with van der Waals surface area (Å²) in [6.07, 6.45) is -2.33. The van der Waals surface area contributed by atoms with E-state index in [1.807, 2.05) is 37.4 Å². The molecular weight excluding hydrogens is 295 g/mol. The number of halogens is 3. The van der Waals surface area contributed by atoms with E-state index in [9.17, 15) is 13.2 Å². The first-order chi connectivity index (χ1) is 9.90. The van der Waals surface area contributed by atoms with Gasteiger partial charge < -0.3 is 5.32 Å². The van der Waals surface area contributed by atoms with E-state index in [1.54, 1.807) is 17.8 Å². The first-order valence-corrected chi connectivity index (χ1v) is 7.70. The van der Waals surface area contributed by atoms with E-state index < -0.39 is 11.7 Å². The molecule has 1 atom stereocenters. The minimum atomic E-state index is -4.31.